The summed E-state index contributed by atoms with van der Waals surface area (Å²) < 4.78 is 10.8. The van der Waals surface area contributed by atoms with Crippen LogP contribution in [0.25, 0.3) is 0 Å². The highest BCUT2D eigenvalue weighted by Crippen LogP contribution is 2.22. The second-order valence-corrected chi connectivity index (χ2v) is 6.75. The quantitative estimate of drug-likeness (QED) is 0.378. The monoisotopic (exact) mass is 348 g/mol. The van der Waals surface area contributed by atoms with Gasteiger partial charge in [0.05, 0.1) is 6.61 Å². The molecule has 0 radical (unpaired) electrons. The van der Waals surface area contributed by atoms with Gasteiger partial charge in [0.2, 0.25) is 0 Å². The number of unbranched alkanes of at least 4 members (excludes halogenated alkanes) is 9. The fraction of sp³-hybridized carbons (Fsp3) is 1.00. The Labute approximate surface area is 145 Å². The topological polar surface area (TPSA) is 99.4 Å². The SMILES string of the molecule is CCCCCCCCCCCCO[C@@H]1O[C@@H](CO)[C@@H](O)[C@@H](O)[C@@H]1O. The van der Waals surface area contributed by atoms with Gasteiger partial charge >= 0.3 is 0 Å². The van der Waals surface area contributed by atoms with Crippen LogP contribution in [-0.4, -0.2) is 64.3 Å². The Morgan fingerprint density at radius 3 is 1.83 bits per heavy atom. The standard InChI is InChI=1S/C18H36O6/c1-2-3-4-5-6-7-8-9-10-11-12-23-18-17(22)16(21)15(20)14(13-19)24-18/h14-22H,2-13H2,1H3/t14-,15+,16+,17-,18+/m0/s1. The Morgan fingerprint density at radius 2 is 1.29 bits per heavy atom. The number of aliphatic hydroxyl groups excluding tert-OH is 4. The third-order valence-electron chi connectivity index (χ3n) is 4.63. The lowest BCUT2D eigenvalue weighted by atomic mass is 9.99. The van der Waals surface area contributed by atoms with E-state index in [9.17, 15) is 15.3 Å². The molecule has 0 aromatic heterocycles. The van der Waals surface area contributed by atoms with Crippen molar-refractivity contribution in [2.45, 2.75) is 102 Å². The Hall–Kier alpha value is -0.240. The van der Waals surface area contributed by atoms with Gasteiger partial charge in [-0.2, -0.15) is 0 Å². The first-order chi connectivity index (χ1) is 11.6. The molecular formula is C18H36O6. The van der Waals surface area contributed by atoms with Crippen LogP contribution in [0, 0.1) is 0 Å². The highest BCUT2D eigenvalue weighted by atomic mass is 16.7. The summed E-state index contributed by atoms with van der Waals surface area (Å²) in [7, 11) is 0. The molecule has 24 heavy (non-hydrogen) atoms. The van der Waals surface area contributed by atoms with E-state index < -0.39 is 37.3 Å². The van der Waals surface area contributed by atoms with Crippen molar-refractivity contribution in [3.8, 4) is 0 Å². The first-order valence-corrected chi connectivity index (χ1v) is 9.54. The van der Waals surface area contributed by atoms with E-state index in [1.807, 2.05) is 0 Å². The van der Waals surface area contributed by atoms with Crippen LogP contribution < -0.4 is 0 Å². The second kappa shape index (κ2) is 13.0. The van der Waals surface area contributed by atoms with E-state index in [4.69, 9.17) is 14.6 Å². The molecular weight excluding hydrogens is 312 g/mol. The van der Waals surface area contributed by atoms with Gasteiger partial charge in [-0.25, -0.2) is 0 Å². The number of ether oxygens (including phenoxy) is 2. The van der Waals surface area contributed by atoms with Gasteiger partial charge in [-0.05, 0) is 6.42 Å². The summed E-state index contributed by atoms with van der Waals surface area (Å²) in [5.41, 5.74) is 0. The largest absolute Gasteiger partial charge is 0.394 e. The van der Waals surface area contributed by atoms with Crippen LogP contribution in [0.15, 0.2) is 0 Å². The zero-order valence-electron chi connectivity index (χ0n) is 15.0. The molecule has 5 atom stereocenters. The van der Waals surface area contributed by atoms with Gasteiger partial charge in [-0.3, -0.25) is 0 Å². The Morgan fingerprint density at radius 1 is 0.750 bits per heavy atom. The van der Waals surface area contributed by atoms with E-state index in [1.165, 1.54) is 51.4 Å². The predicted octanol–water partition coefficient (Wildman–Crippen LogP) is 1.72. The molecule has 1 aliphatic rings. The van der Waals surface area contributed by atoms with E-state index in [0.717, 1.165) is 12.8 Å². The Bertz CT molecular complexity index is 299. The molecule has 144 valence electrons. The minimum absolute atomic E-state index is 0.428. The molecule has 6 nitrogen and oxygen atoms in total. The van der Waals surface area contributed by atoms with Gasteiger partial charge in [0, 0.05) is 6.61 Å². The smallest absolute Gasteiger partial charge is 0.186 e. The zero-order chi connectivity index (χ0) is 17.8. The number of rotatable bonds is 13. The van der Waals surface area contributed by atoms with E-state index in [1.54, 1.807) is 0 Å². The summed E-state index contributed by atoms with van der Waals surface area (Å²) in [4.78, 5) is 0. The summed E-state index contributed by atoms with van der Waals surface area (Å²) in [6.07, 6.45) is 6.37. The third-order valence-corrected chi connectivity index (χ3v) is 4.63. The maximum absolute atomic E-state index is 9.84. The maximum atomic E-state index is 9.84. The van der Waals surface area contributed by atoms with Crippen LogP contribution in [0.4, 0.5) is 0 Å². The normalized spacial score (nSPS) is 30.6. The van der Waals surface area contributed by atoms with Crippen LogP contribution in [-0.2, 0) is 9.47 Å². The zero-order valence-corrected chi connectivity index (χ0v) is 15.0. The lowest BCUT2D eigenvalue weighted by molar-refractivity contribution is -0.301. The average Bonchev–Trinajstić information content (AvgIpc) is 2.59. The first-order valence-electron chi connectivity index (χ1n) is 9.54. The molecule has 1 saturated heterocycles. The number of hydrogen-bond donors (Lipinski definition) is 4. The van der Waals surface area contributed by atoms with Crippen LogP contribution >= 0.6 is 0 Å². The number of aliphatic hydroxyl groups is 4. The van der Waals surface area contributed by atoms with Gasteiger partial charge in [0.15, 0.2) is 6.29 Å². The van der Waals surface area contributed by atoms with Crippen LogP contribution in [0.5, 0.6) is 0 Å². The molecule has 4 N–H and O–H groups in total. The lowest BCUT2D eigenvalue weighted by Gasteiger charge is -2.39. The van der Waals surface area contributed by atoms with Gasteiger partial charge < -0.3 is 29.9 Å². The second-order valence-electron chi connectivity index (χ2n) is 6.75. The minimum atomic E-state index is -1.37. The highest BCUT2D eigenvalue weighted by molar-refractivity contribution is 4.88. The molecule has 0 aliphatic carbocycles. The summed E-state index contributed by atoms with van der Waals surface area (Å²) in [6, 6.07) is 0. The minimum Gasteiger partial charge on any atom is -0.394 e. The van der Waals surface area contributed by atoms with Crippen molar-refractivity contribution in [1.82, 2.24) is 0 Å². The molecule has 0 amide bonds. The molecule has 6 heteroatoms. The molecule has 1 fully saturated rings. The van der Waals surface area contributed by atoms with Crippen LogP contribution in [0.3, 0.4) is 0 Å². The van der Waals surface area contributed by atoms with E-state index in [2.05, 4.69) is 6.92 Å². The molecule has 1 heterocycles. The molecule has 1 rings (SSSR count). The van der Waals surface area contributed by atoms with Crippen molar-refractivity contribution < 1.29 is 29.9 Å². The van der Waals surface area contributed by atoms with E-state index in [-0.39, 0.29) is 0 Å². The van der Waals surface area contributed by atoms with Crippen LogP contribution in [0.1, 0.15) is 71.1 Å². The summed E-state index contributed by atoms with van der Waals surface area (Å²) in [6.45, 7) is 2.23. The number of hydrogen-bond acceptors (Lipinski definition) is 6. The predicted molar refractivity (Wildman–Crippen MR) is 91.6 cm³/mol. The van der Waals surface area contributed by atoms with Gasteiger partial charge in [0.1, 0.15) is 24.4 Å². The average molecular weight is 348 g/mol. The Balaban J connectivity index is 2.02. The molecule has 0 bridgehead atoms. The molecule has 1 aliphatic heterocycles. The van der Waals surface area contributed by atoms with Crippen LogP contribution in [0.2, 0.25) is 0 Å². The van der Waals surface area contributed by atoms with Gasteiger partial charge in [0.25, 0.3) is 0 Å². The molecule has 0 spiro atoms. The molecule has 0 saturated carbocycles. The summed E-state index contributed by atoms with van der Waals surface area (Å²) in [5, 5.41) is 38.3. The van der Waals surface area contributed by atoms with Crippen molar-refractivity contribution >= 4 is 0 Å². The van der Waals surface area contributed by atoms with Crippen molar-refractivity contribution in [3.05, 3.63) is 0 Å². The van der Waals surface area contributed by atoms with Crippen molar-refractivity contribution in [2.75, 3.05) is 13.2 Å². The Kier molecular flexibility index (Phi) is 11.8. The lowest BCUT2D eigenvalue weighted by Crippen LogP contribution is -2.59. The van der Waals surface area contributed by atoms with Crippen molar-refractivity contribution in [1.29, 1.82) is 0 Å². The summed E-state index contributed by atoms with van der Waals surface area (Å²) in [5.74, 6) is 0. The fourth-order valence-electron chi connectivity index (χ4n) is 2.99. The first kappa shape index (κ1) is 21.8. The van der Waals surface area contributed by atoms with E-state index >= 15 is 0 Å². The van der Waals surface area contributed by atoms with Gasteiger partial charge in [-0.1, -0.05) is 64.7 Å². The maximum Gasteiger partial charge on any atom is 0.186 e. The fourth-order valence-corrected chi connectivity index (χ4v) is 2.99. The molecule has 0 unspecified atom stereocenters. The molecule has 0 aromatic carbocycles. The summed E-state index contributed by atoms with van der Waals surface area (Å²) >= 11 is 0. The van der Waals surface area contributed by atoms with E-state index in [0.29, 0.717) is 6.61 Å². The third kappa shape index (κ3) is 7.76. The van der Waals surface area contributed by atoms with Gasteiger partial charge in [-0.15, -0.1) is 0 Å². The van der Waals surface area contributed by atoms with Crippen molar-refractivity contribution in [2.24, 2.45) is 0 Å². The van der Waals surface area contributed by atoms with Crippen molar-refractivity contribution in [3.63, 3.8) is 0 Å². The highest BCUT2D eigenvalue weighted by Gasteiger charge is 2.43. The molecule has 0 aromatic rings.